The summed E-state index contributed by atoms with van der Waals surface area (Å²) in [4.78, 5) is 0. The van der Waals surface area contributed by atoms with Gasteiger partial charge in [-0.05, 0) is 25.0 Å². The molecule has 1 heteroatoms. The van der Waals surface area contributed by atoms with Crippen molar-refractivity contribution >= 4 is 11.3 Å². The molecule has 0 aliphatic carbocycles. The quantitative estimate of drug-likeness (QED) is 0.663. The van der Waals surface area contributed by atoms with Gasteiger partial charge in [-0.3, -0.25) is 0 Å². The van der Waals surface area contributed by atoms with Gasteiger partial charge in [-0.1, -0.05) is 31.2 Å². The van der Waals surface area contributed by atoms with E-state index in [1.807, 2.05) is 25.1 Å². The van der Waals surface area contributed by atoms with Crippen LogP contribution in [0.15, 0.2) is 30.3 Å². The second kappa shape index (κ2) is 3.96. The van der Waals surface area contributed by atoms with Crippen LogP contribution in [0, 0.1) is 0 Å². The number of hydrogen-bond donors (Lipinski definition) is 1. The second-order valence-corrected chi connectivity index (χ2v) is 2.75. The highest BCUT2D eigenvalue weighted by Gasteiger charge is 2.00. The minimum Gasteiger partial charge on any atom is -0.398 e. The molecule has 0 atom stereocenters. The SMILES string of the molecule is C/C=C(/CC)c1ccccc1N. The van der Waals surface area contributed by atoms with Gasteiger partial charge < -0.3 is 5.73 Å². The summed E-state index contributed by atoms with van der Waals surface area (Å²) in [6.07, 6.45) is 3.15. The zero-order valence-corrected chi connectivity index (χ0v) is 7.67. The first-order valence-electron chi connectivity index (χ1n) is 4.29. The number of allylic oxidation sites excluding steroid dienone is 2. The molecule has 0 aromatic heterocycles. The minimum atomic E-state index is 0.868. The maximum atomic E-state index is 5.83. The van der Waals surface area contributed by atoms with E-state index in [9.17, 15) is 0 Å². The maximum Gasteiger partial charge on any atom is 0.0390 e. The Hall–Kier alpha value is -1.24. The molecule has 0 unspecified atom stereocenters. The van der Waals surface area contributed by atoms with Crippen molar-refractivity contribution in [3.63, 3.8) is 0 Å². The van der Waals surface area contributed by atoms with E-state index in [2.05, 4.69) is 19.1 Å². The Balaban J connectivity index is 3.10. The molecule has 0 saturated heterocycles. The van der Waals surface area contributed by atoms with Gasteiger partial charge in [0.15, 0.2) is 0 Å². The predicted octanol–water partition coefficient (Wildman–Crippen LogP) is 3.08. The summed E-state index contributed by atoms with van der Waals surface area (Å²) in [5.41, 5.74) is 9.18. The molecule has 2 N–H and O–H groups in total. The lowest BCUT2D eigenvalue weighted by atomic mass is 10.0. The molecule has 0 radical (unpaired) electrons. The van der Waals surface area contributed by atoms with Crippen molar-refractivity contribution in [2.24, 2.45) is 0 Å². The smallest absolute Gasteiger partial charge is 0.0390 e. The molecule has 0 fully saturated rings. The first-order valence-corrected chi connectivity index (χ1v) is 4.29. The maximum absolute atomic E-state index is 5.83. The zero-order valence-electron chi connectivity index (χ0n) is 7.67. The van der Waals surface area contributed by atoms with Crippen molar-refractivity contribution in [2.75, 3.05) is 5.73 Å². The Morgan fingerprint density at radius 3 is 2.58 bits per heavy atom. The number of nitrogen functional groups attached to an aromatic ring is 1. The minimum absolute atomic E-state index is 0.868. The van der Waals surface area contributed by atoms with Crippen LogP contribution in [0.3, 0.4) is 0 Å². The Bertz CT molecular complexity index is 287. The standard InChI is InChI=1S/C11H15N/c1-3-9(4-2)10-7-5-6-8-11(10)12/h3,5-8H,4,12H2,1-2H3/b9-3-. The molecule has 0 heterocycles. The average Bonchev–Trinajstić information content (AvgIpc) is 2.10. The van der Waals surface area contributed by atoms with Crippen LogP contribution < -0.4 is 5.73 Å². The lowest BCUT2D eigenvalue weighted by molar-refractivity contribution is 1.23. The van der Waals surface area contributed by atoms with Gasteiger partial charge in [-0.2, -0.15) is 0 Å². The molecule has 1 nitrogen and oxygen atoms in total. The van der Waals surface area contributed by atoms with Gasteiger partial charge in [0, 0.05) is 11.3 Å². The Morgan fingerprint density at radius 2 is 2.08 bits per heavy atom. The number of nitrogens with two attached hydrogens (primary N) is 1. The van der Waals surface area contributed by atoms with Crippen LogP contribution in [-0.4, -0.2) is 0 Å². The first-order chi connectivity index (χ1) is 5.79. The molecular weight excluding hydrogens is 146 g/mol. The molecule has 0 spiro atoms. The highest BCUT2D eigenvalue weighted by atomic mass is 14.6. The van der Waals surface area contributed by atoms with Crippen molar-refractivity contribution in [1.82, 2.24) is 0 Å². The monoisotopic (exact) mass is 161 g/mol. The second-order valence-electron chi connectivity index (χ2n) is 2.75. The molecule has 1 aromatic rings. The lowest BCUT2D eigenvalue weighted by Gasteiger charge is -2.06. The Kier molecular flexibility index (Phi) is 2.92. The average molecular weight is 161 g/mol. The van der Waals surface area contributed by atoms with Crippen LogP contribution in [0.5, 0.6) is 0 Å². The summed E-state index contributed by atoms with van der Waals surface area (Å²) in [5, 5.41) is 0. The topological polar surface area (TPSA) is 26.0 Å². The Morgan fingerprint density at radius 1 is 1.42 bits per heavy atom. The van der Waals surface area contributed by atoms with Gasteiger partial charge in [0.2, 0.25) is 0 Å². The molecule has 1 aromatic carbocycles. The molecular formula is C11H15N. The fraction of sp³-hybridized carbons (Fsp3) is 0.273. The summed E-state index contributed by atoms with van der Waals surface area (Å²) in [6, 6.07) is 7.98. The Labute approximate surface area is 73.9 Å². The van der Waals surface area contributed by atoms with E-state index in [0.717, 1.165) is 12.1 Å². The number of anilines is 1. The van der Waals surface area contributed by atoms with Gasteiger partial charge in [0.1, 0.15) is 0 Å². The van der Waals surface area contributed by atoms with Gasteiger partial charge in [0.25, 0.3) is 0 Å². The fourth-order valence-corrected chi connectivity index (χ4v) is 1.34. The third-order valence-electron chi connectivity index (χ3n) is 2.04. The summed E-state index contributed by atoms with van der Waals surface area (Å²) in [7, 11) is 0. The van der Waals surface area contributed by atoms with E-state index in [1.54, 1.807) is 0 Å². The van der Waals surface area contributed by atoms with Crippen LogP contribution >= 0.6 is 0 Å². The summed E-state index contributed by atoms with van der Waals surface area (Å²) in [6.45, 7) is 4.19. The van der Waals surface area contributed by atoms with Gasteiger partial charge in [-0.15, -0.1) is 0 Å². The predicted molar refractivity (Wildman–Crippen MR) is 54.8 cm³/mol. The van der Waals surface area contributed by atoms with E-state index >= 15 is 0 Å². The number of rotatable bonds is 2. The summed E-state index contributed by atoms with van der Waals surface area (Å²) in [5.74, 6) is 0. The van der Waals surface area contributed by atoms with Crippen LogP contribution in [0.1, 0.15) is 25.8 Å². The highest BCUT2D eigenvalue weighted by molar-refractivity contribution is 5.74. The van der Waals surface area contributed by atoms with Crippen molar-refractivity contribution in [3.05, 3.63) is 35.9 Å². The van der Waals surface area contributed by atoms with E-state index in [1.165, 1.54) is 11.1 Å². The fourth-order valence-electron chi connectivity index (χ4n) is 1.34. The molecule has 0 saturated carbocycles. The molecule has 0 aliphatic heterocycles. The molecule has 64 valence electrons. The number of para-hydroxylation sites is 1. The molecule has 0 bridgehead atoms. The van der Waals surface area contributed by atoms with Gasteiger partial charge in [-0.25, -0.2) is 0 Å². The molecule has 12 heavy (non-hydrogen) atoms. The highest BCUT2D eigenvalue weighted by Crippen LogP contribution is 2.23. The third kappa shape index (κ3) is 1.67. The van der Waals surface area contributed by atoms with Crippen LogP contribution in [-0.2, 0) is 0 Å². The summed E-state index contributed by atoms with van der Waals surface area (Å²) >= 11 is 0. The van der Waals surface area contributed by atoms with Gasteiger partial charge >= 0.3 is 0 Å². The van der Waals surface area contributed by atoms with E-state index in [4.69, 9.17) is 5.73 Å². The van der Waals surface area contributed by atoms with Crippen LogP contribution in [0.4, 0.5) is 5.69 Å². The lowest BCUT2D eigenvalue weighted by Crippen LogP contribution is -1.92. The largest absolute Gasteiger partial charge is 0.398 e. The normalized spacial score (nSPS) is 11.7. The van der Waals surface area contributed by atoms with Crippen LogP contribution in [0.25, 0.3) is 5.57 Å². The first kappa shape index (κ1) is 8.85. The van der Waals surface area contributed by atoms with Gasteiger partial charge in [0.05, 0.1) is 0 Å². The van der Waals surface area contributed by atoms with E-state index in [0.29, 0.717) is 0 Å². The molecule has 0 aliphatic rings. The summed E-state index contributed by atoms with van der Waals surface area (Å²) < 4.78 is 0. The van der Waals surface area contributed by atoms with Crippen molar-refractivity contribution < 1.29 is 0 Å². The van der Waals surface area contributed by atoms with E-state index < -0.39 is 0 Å². The van der Waals surface area contributed by atoms with E-state index in [-0.39, 0.29) is 0 Å². The van der Waals surface area contributed by atoms with Crippen molar-refractivity contribution in [1.29, 1.82) is 0 Å². The number of hydrogen-bond acceptors (Lipinski definition) is 1. The number of benzene rings is 1. The zero-order chi connectivity index (χ0) is 8.97. The van der Waals surface area contributed by atoms with Crippen LogP contribution in [0.2, 0.25) is 0 Å². The molecule has 1 rings (SSSR count). The van der Waals surface area contributed by atoms with Crippen molar-refractivity contribution in [3.8, 4) is 0 Å². The third-order valence-corrected chi connectivity index (χ3v) is 2.04. The van der Waals surface area contributed by atoms with Crippen molar-refractivity contribution in [2.45, 2.75) is 20.3 Å². The molecule has 0 amide bonds.